The molecule has 132 valence electrons. The van der Waals surface area contributed by atoms with Gasteiger partial charge in [0.1, 0.15) is 5.75 Å². The summed E-state index contributed by atoms with van der Waals surface area (Å²) in [6.07, 6.45) is 1.68. The fraction of sp³-hybridized carbons (Fsp3) is 0.0556. The molecule has 1 fully saturated rings. The number of hydrazine groups is 1. The highest BCUT2D eigenvalue weighted by molar-refractivity contribution is 8.26. The van der Waals surface area contributed by atoms with Crippen molar-refractivity contribution in [2.24, 2.45) is 0 Å². The number of carbonyl (C=O) groups excluding carboxylic acids is 2. The van der Waals surface area contributed by atoms with Crippen LogP contribution in [0.2, 0.25) is 0 Å². The molecule has 0 atom stereocenters. The van der Waals surface area contributed by atoms with Crippen molar-refractivity contribution in [2.45, 2.75) is 0 Å². The number of carbonyl (C=O) groups is 2. The second kappa shape index (κ2) is 7.59. The molecule has 0 aliphatic carbocycles. The molecule has 0 bridgehead atoms. The number of rotatable bonds is 5. The van der Waals surface area contributed by atoms with E-state index < -0.39 is 5.97 Å². The standard InChI is InChI=1S/C18H14N2O4S2/c1-24-14-9-5-2-6-11(14)10-15-16(21)20(18(25)26-15)19-13-8-4-3-7-12(13)17(22)23/h2-10,19H,1H3,(H,22,23)/p-1/b15-10+. The second-order valence-corrected chi connectivity index (χ2v) is 6.88. The van der Waals surface area contributed by atoms with Gasteiger partial charge in [-0.1, -0.05) is 48.2 Å². The van der Waals surface area contributed by atoms with Gasteiger partial charge >= 0.3 is 0 Å². The number of nitrogens with zero attached hydrogens (tertiary/aromatic N) is 1. The summed E-state index contributed by atoms with van der Waals surface area (Å²) in [7, 11) is 1.55. The van der Waals surface area contributed by atoms with Crippen LogP contribution in [0, 0.1) is 0 Å². The summed E-state index contributed by atoms with van der Waals surface area (Å²) in [6.45, 7) is 0. The second-order valence-electron chi connectivity index (χ2n) is 5.20. The Kier molecular flexibility index (Phi) is 5.24. The molecule has 1 N–H and O–H groups in total. The number of methoxy groups -OCH3 is 1. The Balaban J connectivity index is 1.88. The molecule has 26 heavy (non-hydrogen) atoms. The van der Waals surface area contributed by atoms with Gasteiger partial charge < -0.3 is 14.6 Å². The fourth-order valence-electron chi connectivity index (χ4n) is 2.37. The summed E-state index contributed by atoms with van der Waals surface area (Å²) in [5.41, 5.74) is 3.67. The Bertz CT molecular complexity index is 927. The van der Waals surface area contributed by atoms with Crippen LogP contribution in [0.15, 0.2) is 53.4 Å². The van der Waals surface area contributed by atoms with Crippen molar-refractivity contribution >= 4 is 51.9 Å². The van der Waals surface area contributed by atoms with Crippen molar-refractivity contribution in [1.29, 1.82) is 0 Å². The molecule has 0 aromatic heterocycles. The lowest BCUT2D eigenvalue weighted by atomic mass is 10.2. The van der Waals surface area contributed by atoms with E-state index >= 15 is 0 Å². The molecule has 1 aliphatic heterocycles. The highest BCUT2D eigenvalue weighted by Crippen LogP contribution is 2.34. The number of thioether (sulfide) groups is 1. The largest absolute Gasteiger partial charge is 0.545 e. The average molecular weight is 385 g/mol. The van der Waals surface area contributed by atoms with E-state index in [1.807, 2.05) is 18.2 Å². The molecule has 0 saturated carbocycles. The third-order valence-corrected chi connectivity index (χ3v) is 4.90. The fourth-order valence-corrected chi connectivity index (χ4v) is 3.54. The number of benzene rings is 2. The lowest BCUT2D eigenvalue weighted by Gasteiger charge is -2.19. The number of amides is 1. The van der Waals surface area contributed by atoms with E-state index in [1.165, 1.54) is 12.1 Å². The third kappa shape index (κ3) is 3.56. The number of para-hydroxylation sites is 2. The molecular weight excluding hydrogens is 372 g/mol. The maximum absolute atomic E-state index is 12.7. The molecule has 2 aromatic carbocycles. The maximum Gasteiger partial charge on any atom is 0.285 e. The van der Waals surface area contributed by atoms with E-state index in [1.54, 1.807) is 31.4 Å². The van der Waals surface area contributed by atoms with E-state index in [-0.39, 0.29) is 21.5 Å². The molecule has 3 rings (SSSR count). The van der Waals surface area contributed by atoms with Crippen LogP contribution in [0.25, 0.3) is 6.08 Å². The molecule has 0 radical (unpaired) electrons. The van der Waals surface area contributed by atoms with Crippen LogP contribution in [0.3, 0.4) is 0 Å². The van der Waals surface area contributed by atoms with Crippen LogP contribution < -0.4 is 15.3 Å². The van der Waals surface area contributed by atoms with E-state index in [0.29, 0.717) is 10.7 Å². The van der Waals surface area contributed by atoms with Gasteiger partial charge in [-0.15, -0.1) is 0 Å². The molecule has 0 unspecified atom stereocenters. The monoisotopic (exact) mass is 385 g/mol. The van der Waals surface area contributed by atoms with Crippen molar-refractivity contribution < 1.29 is 19.4 Å². The molecule has 8 heteroatoms. The van der Waals surface area contributed by atoms with E-state index in [2.05, 4.69) is 5.43 Å². The van der Waals surface area contributed by atoms with Gasteiger partial charge in [-0.2, -0.15) is 0 Å². The number of hydrogen-bond acceptors (Lipinski definition) is 7. The first-order chi connectivity index (χ1) is 12.5. The quantitative estimate of drug-likeness (QED) is 0.625. The average Bonchev–Trinajstić information content (AvgIpc) is 2.90. The Morgan fingerprint density at radius 2 is 1.92 bits per heavy atom. The molecule has 1 heterocycles. The number of anilines is 1. The zero-order valence-electron chi connectivity index (χ0n) is 13.6. The highest BCUT2D eigenvalue weighted by atomic mass is 32.2. The van der Waals surface area contributed by atoms with Gasteiger partial charge in [0.2, 0.25) is 0 Å². The van der Waals surface area contributed by atoms with E-state index in [0.717, 1.165) is 22.3 Å². The number of nitrogens with one attached hydrogen (secondary N) is 1. The molecule has 0 spiro atoms. The number of aromatic carboxylic acids is 1. The van der Waals surface area contributed by atoms with Gasteiger partial charge in [-0.25, -0.2) is 5.01 Å². The molecule has 1 saturated heterocycles. The number of thiocarbonyl (C=S) groups is 1. The summed E-state index contributed by atoms with van der Waals surface area (Å²) < 4.78 is 5.55. The van der Waals surface area contributed by atoms with Crippen LogP contribution >= 0.6 is 24.0 Å². The molecular formula is C18H13N2O4S2-. The first-order valence-electron chi connectivity index (χ1n) is 7.49. The van der Waals surface area contributed by atoms with Crippen molar-refractivity contribution in [1.82, 2.24) is 5.01 Å². The van der Waals surface area contributed by atoms with Crippen LogP contribution in [-0.2, 0) is 4.79 Å². The molecule has 1 amide bonds. The zero-order chi connectivity index (χ0) is 18.7. The molecule has 2 aromatic rings. The van der Waals surface area contributed by atoms with E-state index in [9.17, 15) is 14.7 Å². The minimum absolute atomic E-state index is 0.0599. The van der Waals surface area contributed by atoms with E-state index in [4.69, 9.17) is 17.0 Å². The van der Waals surface area contributed by atoms with Crippen LogP contribution in [0.1, 0.15) is 15.9 Å². The minimum Gasteiger partial charge on any atom is -0.545 e. The van der Waals surface area contributed by atoms with Crippen molar-refractivity contribution in [3.05, 3.63) is 64.6 Å². The topological polar surface area (TPSA) is 81.7 Å². The number of carboxylic acid groups (broad SMARTS) is 1. The van der Waals surface area contributed by atoms with Crippen LogP contribution in [0.4, 0.5) is 5.69 Å². The van der Waals surface area contributed by atoms with Gasteiger partial charge in [0, 0.05) is 11.1 Å². The Labute approximate surface area is 159 Å². The molecule has 1 aliphatic rings. The number of hydrogen-bond donors (Lipinski definition) is 1. The first kappa shape index (κ1) is 18.0. The van der Waals surface area contributed by atoms with Gasteiger partial charge in [0.25, 0.3) is 5.91 Å². The summed E-state index contributed by atoms with van der Waals surface area (Å²) in [6, 6.07) is 13.4. The maximum atomic E-state index is 12.7. The van der Waals surface area contributed by atoms with Gasteiger partial charge in [-0.3, -0.25) is 10.2 Å². The summed E-state index contributed by atoms with van der Waals surface area (Å²) in [5, 5.41) is 12.4. The van der Waals surface area contributed by atoms with Crippen molar-refractivity contribution in [2.75, 3.05) is 12.5 Å². The number of ether oxygens (including phenoxy) is 1. The van der Waals surface area contributed by atoms with Crippen molar-refractivity contribution in [3.8, 4) is 5.75 Å². The van der Waals surface area contributed by atoms with Gasteiger partial charge in [0.05, 0.1) is 23.7 Å². The number of carboxylic acids is 1. The van der Waals surface area contributed by atoms with Crippen molar-refractivity contribution in [3.63, 3.8) is 0 Å². The zero-order valence-corrected chi connectivity index (χ0v) is 15.2. The molecule has 6 nitrogen and oxygen atoms in total. The predicted molar refractivity (Wildman–Crippen MR) is 102 cm³/mol. The predicted octanol–water partition coefficient (Wildman–Crippen LogP) is 2.29. The normalized spacial score (nSPS) is 15.4. The minimum atomic E-state index is -1.34. The highest BCUT2D eigenvalue weighted by Gasteiger charge is 2.33. The summed E-state index contributed by atoms with van der Waals surface area (Å²) in [5.74, 6) is -1.09. The third-order valence-electron chi connectivity index (χ3n) is 3.60. The first-order valence-corrected chi connectivity index (χ1v) is 8.71. The van der Waals surface area contributed by atoms with Crippen LogP contribution in [0.5, 0.6) is 5.75 Å². The van der Waals surface area contributed by atoms with Crippen LogP contribution in [-0.4, -0.2) is 28.3 Å². The SMILES string of the molecule is COc1ccccc1/C=C1/SC(=S)N(Nc2ccccc2C(=O)[O-])C1=O. The lowest BCUT2D eigenvalue weighted by Crippen LogP contribution is -2.35. The Morgan fingerprint density at radius 1 is 1.23 bits per heavy atom. The van der Waals surface area contributed by atoms with Gasteiger partial charge in [0.15, 0.2) is 4.32 Å². The summed E-state index contributed by atoms with van der Waals surface area (Å²) in [4.78, 5) is 24.3. The Hall–Kier alpha value is -2.84. The van der Waals surface area contributed by atoms with Gasteiger partial charge in [-0.05, 0) is 30.4 Å². The lowest BCUT2D eigenvalue weighted by molar-refractivity contribution is -0.254. The summed E-state index contributed by atoms with van der Waals surface area (Å²) >= 11 is 6.37. The smallest absolute Gasteiger partial charge is 0.285 e. The Morgan fingerprint density at radius 3 is 2.65 bits per heavy atom.